The maximum absolute atomic E-state index is 14.0. The molecule has 26 heavy (non-hydrogen) atoms. The molecule has 0 aliphatic heterocycles. The van der Waals surface area contributed by atoms with Crippen molar-refractivity contribution >= 4 is 0 Å². The van der Waals surface area contributed by atoms with E-state index >= 15 is 0 Å². The number of ether oxygens (including phenoxy) is 1. The zero-order chi connectivity index (χ0) is 18.9. The molecule has 0 aliphatic rings. The number of hydrogen-bond acceptors (Lipinski definition) is 3. The Labute approximate surface area is 156 Å². The zero-order valence-corrected chi connectivity index (χ0v) is 16.0. The summed E-state index contributed by atoms with van der Waals surface area (Å²) < 4.78 is 19.7. The Morgan fingerprint density at radius 3 is 2.46 bits per heavy atom. The molecule has 4 heteroatoms. The number of aryl methyl sites for hydroxylation is 1. The Bertz CT molecular complexity index is 675. The van der Waals surface area contributed by atoms with Gasteiger partial charge in [0.15, 0.2) is 0 Å². The van der Waals surface area contributed by atoms with Gasteiger partial charge in [0.25, 0.3) is 0 Å². The second-order valence-corrected chi connectivity index (χ2v) is 7.24. The summed E-state index contributed by atoms with van der Waals surface area (Å²) >= 11 is 0. The van der Waals surface area contributed by atoms with Crippen molar-refractivity contribution < 1.29 is 14.2 Å². The fraction of sp³-hybridized carbons (Fsp3) is 0.455. The predicted molar refractivity (Wildman–Crippen MR) is 104 cm³/mol. The highest BCUT2D eigenvalue weighted by Gasteiger charge is 2.15. The lowest BCUT2D eigenvalue weighted by Gasteiger charge is -2.26. The van der Waals surface area contributed by atoms with Gasteiger partial charge in [0.2, 0.25) is 0 Å². The maximum atomic E-state index is 14.0. The maximum Gasteiger partial charge on any atom is 0.127 e. The molecule has 0 saturated carbocycles. The van der Waals surface area contributed by atoms with Gasteiger partial charge in [-0.15, -0.1) is 0 Å². The molecule has 0 radical (unpaired) electrons. The Hall–Kier alpha value is -1.91. The number of halogens is 1. The van der Waals surface area contributed by atoms with E-state index in [-0.39, 0.29) is 12.4 Å². The van der Waals surface area contributed by atoms with E-state index in [1.165, 1.54) is 6.07 Å². The minimum Gasteiger partial charge on any atom is -0.491 e. The van der Waals surface area contributed by atoms with Crippen LogP contribution >= 0.6 is 0 Å². The molecule has 0 aromatic heterocycles. The highest BCUT2D eigenvalue weighted by molar-refractivity contribution is 5.31. The largest absolute Gasteiger partial charge is 0.491 e. The lowest BCUT2D eigenvalue weighted by atomic mass is 10.1. The Morgan fingerprint density at radius 2 is 1.77 bits per heavy atom. The zero-order valence-electron chi connectivity index (χ0n) is 16.0. The summed E-state index contributed by atoms with van der Waals surface area (Å²) in [5, 5.41) is 10.4. The first-order valence-electron chi connectivity index (χ1n) is 9.28. The summed E-state index contributed by atoms with van der Waals surface area (Å²) in [6.45, 7) is 8.29. The number of benzene rings is 2. The molecule has 0 fully saturated rings. The number of para-hydroxylation sites is 1. The van der Waals surface area contributed by atoms with E-state index in [4.69, 9.17) is 4.74 Å². The molecule has 0 spiro atoms. The topological polar surface area (TPSA) is 32.7 Å². The van der Waals surface area contributed by atoms with Crippen LogP contribution < -0.4 is 4.74 Å². The van der Waals surface area contributed by atoms with Crippen molar-refractivity contribution in [3.63, 3.8) is 0 Å². The molecule has 2 rings (SSSR count). The number of nitrogens with zero attached hydrogens (tertiary/aromatic N) is 1. The van der Waals surface area contributed by atoms with Crippen LogP contribution in [0.2, 0.25) is 0 Å². The van der Waals surface area contributed by atoms with Crippen LogP contribution in [0.1, 0.15) is 31.4 Å². The van der Waals surface area contributed by atoms with Gasteiger partial charge in [-0.2, -0.15) is 0 Å². The monoisotopic (exact) mass is 359 g/mol. The second-order valence-electron chi connectivity index (χ2n) is 7.24. The molecular weight excluding hydrogens is 329 g/mol. The SMILES string of the molecule is Cc1ccccc1OC[C@@H](O)CN(CCC(C)C)Cc1ccccc1F. The van der Waals surface area contributed by atoms with Crippen LogP contribution in [0.25, 0.3) is 0 Å². The molecule has 0 amide bonds. The standard InChI is InChI=1S/C22H30FNO2/c1-17(2)12-13-24(14-19-9-5-6-10-21(19)23)15-20(25)16-26-22-11-7-4-8-18(22)3/h4-11,17,20,25H,12-16H2,1-3H3/t20-/m0/s1. The van der Waals surface area contributed by atoms with Crippen LogP contribution in [0, 0.1) is 18.7 Å². The summed E-state index contributed by atoms with van der Waals surface area (Å²) in [4.78, 5) is 2.10. The third-order valence-corrected chi connectivity index (χ3v) is 4.37. The molecular formula is C22H30FNO2. The molecule has 1 N–H and O–H groups in total. The third-order valence-electron chi connectivity index (χ3n) is 4.37. The van der Waals surface area contributed by atoms with Crippen molar-refractivity contribution in [3.05, 3.63) is 65.5 Å². The van der Waals surface area contributed by atoms with Gasteiger partial charge in [-0.1, -0.05) is 50.2 Å². The van der Waals surface area contributed by atoms with Gasteiger partial charge in [0, 0.05) is 18.7 Å². The van der Waals surface area contributed by atoms with E-state index in [0.29, 0.717) is 24.6 Å². The second kappa shape index (κ2) is 10.3. The van der Waals surface area contributed by atoms with Gasteiger partial charge in [0.05, 0.1) is 0 Å². The molecule has 1 atom stereocenters. The highest BCUT2D eigenvalue weighted by Crippen LogP contribution is 2.17. The van der Waals surface area contributed by atoms with Crippen molar-refractivity contribution in [2.75, 3.05) is 19.7 Å². The van der Waals surface area contributed by atoms with Gasteiger partial charge < -0.3 is 9.84 Å². The van der Waals surface area contributed by atoms with Crippen LogP contribution in [-0.4, -0.2) is 35.8 Å². The quantitative estimate of drug-likeness (QED) is 0.681. The summed E-state index contributed by atoms with van der Waals surface area (Å²) in [5.74, 6) is 1.14. The molecule has 0 aliphatic carbocycles. The Balaban J connectivity index is 1.94. The van der Waals surface area contributed by atoms with E-state index in [1.807, 2.05) is 37.3 Å². The first kappa shape index (κ1) is 20.4. The minimum atomic E-state index is -0.631. The first-order valence-corrected chi connectivity index (χ1v) is 9.28. The molecule has 142 valence electrons. The van der Waals surface area contributed by atoms with Crippen molar-refractivity contribution in [1.82, 2.24) is 4.90 Å². The fourth-order valence-corrected chi connectivity index (χ4v) is 2.80. The Morgan fingerprint density at radius 1 is 1.08 bits per heavy atom. The minimum absolute atomic E-state index is 0.201. The van der Waals surface area contributed by atoms with Gasteiger partial charge in [-0.05, 0) is 43.5 Å². The molecule has 2 aromatic rings. The summed E-state index contributed by atoms with van der Waals surface area (Å²) in [5.41, 5.74) is 1.70. The highest BCUT2D eigenvalue weighted by atomic mass is 19.1. The van der Waals surface area contributed by atoms with E-state index < -0.39 is 6.10 Å². The third kappa shape index (κ3) is 6.77. The van der Waals surface area contributed by atoms with Crippen molar-refractivity contribution in [1.29, 1.82) is 0 Å². The first-order chi connectivity index (χ1) is 12.5. The van der Waals surface area contributed by atoms with E-state index in [2.05, 4.69) is 18.7 Å². The molecule has 0 unspecified atom stereocenters. The summed E-state index contributed by atoms with van der Waals surface area (Å²) in [7, 11) is 0. The molecule has 0 saturated heterocycles. The van der Waals surface area contributed by atoms with Crippen molar-refractivity contribution in [3.8, 4) is 5.75 Å². The van der Waals surface area contributed by atoms with Gasteiger partial charge in [-0.3, -0.25) is 4.90 Å². The van der Waals surface area contributed by atoms with E-state index in [0.717, 1.165) is 24.3 Å². The number of aliphatic hydroxyl groups excluding tert-OH is 1. The summed E-state index contributed by atoms with van der Waals surface area (Å²) in [6.07, 6.45) is 0.369. The van der Waals surface area contributed by atoms with Gasteiger partial charge >= 0.3 is 0 Å². The number of aliphatic hydroxyl groups is 1. The lowest BCUT2D eigenvalue weighted by molar-refractivity contribution is 0.0633. The number of rotatable bonds is 10. The van der Waals surface area contributed by atoms with Crippen LogP contribution in [0.5, 0.6) is 5.75 Å². The summed E-state index contributed by atoms with van der Waals surface area (Å²) in [6, 6.07) is 14.6. The predicted octanol–water partition coefficient (Wildman–Crippen LogP) is 4.42. The van der Waals surface area contributed by atoms with Gasteiger partial charge in [0.1, 0.15) is 24.3 Å². The van der Waals surface area contributed by atoms with Crippen LogP contribution in [0.3, 0.4) is 0 Å². The molecule has 0 heterocycles. The molecule has 3 nitrogen and oxygen atoms in total. The van der Waals surface area contributed by atoms with E-state index in [9.17, 15) is 9.50 Å². The average molecular weight is 359 g/mol. The van der Waals surface area contributed by atoms with Crippen molar-refractivity contribution in [2.24, 2.45) is 5.92 Å². The van der Waals surface area contributed by atoms with Crippen LogP contribution in [0.4, 0.5) is 4.39 Å². The molecule has 0 bridgehead atoms. The van der Waals surface area contributed by atoms with Crippen molar-refractivity contribution in [2.45, 2.75) is 39.8 Å². The van der Waals surface area contributed by atoms with Crippen LogP contribution in [0.15, 0.2) is 48.5 Å². The lowest BCUT2D eigenvalue weighted by Crippen LogP contribution is -2.36. The average Bonchev–Trinajstić information content (AvgIpc) is 2.61. The Kier molecular flexibility index (Phi) is 8.07. The fourth-order valence-electron chi connectivity index (χ4n) is 2.80. The van der Waals surface area contributed by atoms with E-state index in [1.54, 1.807) is 12.1 Å². The van der Waals surface area contributed by atoms with Gasteiger partial charge in [-0.25, -0.2) is 4.39 Å². The number of hydrogen-bond donors (Lipinski definition) is 1. The smallest absolute Gasteiger partial charge is 0.127 e. The van der Waals surface area contributed by atoms with Crippen LogP contribution in [-0.2, 0) is 6.54 Å². The molecule has 2 aromatic carbocycles. The normalized spacial score (nSPS) is 12.6.